The Kier molecular flexibility index (Phi) is 4.74. The molecule has 2 amide bonds. The van der Waals surface area contributed by atoms with Crippen LogP contribution in [0.15, 0.2) is 42.5 Å². The maximum atomic E-state index is 12.7. The number of hydrogen-bond acceptors (Lipinski definition) is 2. The number of fused-ring (bicyclic) bond motifs is 1. The first-order chi connectivity index (χ1) is 13.3. The van der Waals surface area contributed by atoms with Crippen LogP contribution >= 0.6 is 0 Å². The molecule has 4 rings (SSSR count). The van der Waals surface area contributed by atoms with Crippen molar-refractivity contribution >= 4 is 23.2 Å². The van der Waals surface area contributed by atoms with Crippen LogP contribution < -0.4 is 10.2 Å². The van der Waals surface area contributed by atoms with Gasteiger partial charge in [0, 0.05) is 29.4 Å². The van der Waals surface area contributed by atoms with E-state index in [1.807, 2.05) is 47.4 Å². The van der Waals surface area contributed by atoms with Crippen LogP contribution in [-0.2, 0) is 16.6 Å². The van der Waals surface area contributed by atoms with E-state index >= 15 is 0 Å². The second-order valence-electron chi connectivity index (χ2n) is 8.99. The van der Waals surface area contributed by atoms with E-state index in [2.05, 4.69) is 26.1 Å². The third-order valence-corrected chi connectivity index (χ3v) is 5.67. The van der Waals surface area contributed by atoms with E-state index < -0.39 is 0 Å². The smallest absolute Gasteiger partial charge is 0.255 e. The molecule has 4 heteroatoms. The second-order valence-corrected chi connectivity index (χ2v) is 8.99. The van der Waals surface area contributed by atoms with Gasteiger partial charge in [-0.2, -0.15) is 0 Å². The highest BCUT2D eigenvalue weighted by atomic mass is 16.2. The zero-order valence-electron chi connectivity index (χ0n) is 16.9. The molecule has 2 aromatic rings. The number of amides is 2. The Morgan fingerprint density at radius 3 is 2.39 bits per heavy atom. The van der Waals surface area contributed by atoms with Gasteiger partial charge in [-0.1, -0.05) is 39.0 Å². The molecule has 2 aromatic carbocycles. The highest BCUT2D eigenvalue weighted by molar-refractivity contribution is 6.05. The van der Waals surface area contributed by atoms with Crippen LogP contribution in [0.5, 0.6) is 0 Å². The van der Waals surface area contributed by atoms with E-state index in [9.17, 15) is 9.59 Å². The van der Waals surface area contributed by atoms with Crippen LogP contribution in [-0.4, -0.2) is 18.4 Å². The Morgan fingerprint density at radius 2 is 1.75 bits per heavy atom. The van der Waals surface area contributed by atoms with Gasteiger partial charge >= 0.3 is 0 Å². The summed E-state index contributed by atoms with van der Waals surface area (Å²) in [4.78, 5) is 27.2. The first-order valence-corrected chi connectivity index (χ1v) is 10.2. The van der Waals surface area contributed by atoms with Gasteiger partial charge < -0.3 is 10.2 Å². The van der Waals surface area contributed by atoms with E-state index in [1.165, 1.54) is 11.1 Å². The summed E-state index contributed by atoms with van der Waals surface area (Å²) in [6.07, 6.45) is 3.99. The van der Waals surface area contributed by atoms with Crippen molar-refractivity contribution in [2.75, 3.05) is 16.8 Å². The van der Waals surface area contributed by atoms with Crippen molar-refractivity contribution in [3.63, 3.8) is 0 Å². The average Bonchev–Trinajstić information content (AvgIpc) is 3.51. The van der Waals surface area contributed by atoms with Crippen LogP contribution in [0.25, 0.3) is 0 Å². The first kappa shape index (κ1) is 18.7. The molecule has 1 saturated carbocycles. The Hall–Kier alpha value is -2.62. The number of benzene rings is 2. The number of aryl methyl sites for hydroxylation is 1. The van der Waals surface area contributed by atoms with Crippen LogP contribution in [0.2, 0.25) is 0 Å². The largest absolute Gasteiger partial charge is 0.322 e. The fourth-order valence-electron chi connectivity index (χ4n) is 3.76. The third kappa shape index (κ3) is 3.82. The van der Waals surface area contributed by atoms with Crippen molar-refractivity contribution in [1.29, 1.82) is 0 Å². The lowest BCUT2D eigenvalue weighted by Crippen LogP contribution is -2.36. The lowest BCUT2D eigenvalue weighted by atomic mass is 9.87. The topological polar surface area (TPSA) is 49.4 Å². The summed E-state index contributed by atoms with van der Waals surface area (Å²) in [6, 6.07) is 13.7. The molecule has 2 aliphatic rings. The van der Waals surface area contributed by atoms with Gasteiger partial charge in [0.05, 0.1) is 0 Å². The number of rotatable bonds is 3. The van der Waals surface area contributed by atoms with Gasteiger partial charge in [0.15, 0.2) is 0 Å². The summed E-state index contributed by atoms with van der Waals surface area (Å²) in [5, 5.41) is 2.99. The van der Waals surface area contributed by atoms with Crippen molar-refractivity contribution in [2.45, 2.75) is 51.9 Å². The standard InChI is InChI=1S/C24H28N2O2/c1-24(2,3)19-11-8-17(9-12-19)22(27)25-20-13-10-16-5-4-14-26(21(16)15-20)23(28)18-6-7-18/h8-13,15,18H,4-7,14H2,1-3H3,(H,25,27). The fourth-order valence-corrected chi connectivity index (χ4v) is 3.76. The molecule has 4 nitrogen and oxygen atoms in total. The maximum absolute atomic E-state index is 12.7. The molecule has 1 aliphatic heterocycles. The molecule has 0 spiro atoms. The molecule has 146 valence electrons. The number of carbonyl (C=O) groups is 2. The van der Waals surface area contributed by atoms with Gasteiger partial charge in [-0.05, 0) is 66.5 Å². The highest BCUT2D eigenvalue weighted by Crippen LogP contribution is 2.37. The maximum Gasteiger partial charge on any atom is 0.255 e. The van der Waals surface area contributed by atoms with Gasteiger partial charge in [0.1, 0.15) is 0 Å². The Balaban J connectivity index is 1.53. The number of nitrogens with zero attached hydrogens (tertiary/aromatic N) is 1. The molecule has 0 atom stereocenters. The van der Waals surface area contributed by atoms with Crippen molar-refractivity contribution in [3.8, 4) is 0 Å². The van der Waals surface area contributed by atoms with E-state index in [0.717, 1.165) is 43.6 Å². The SMILES string of the molecule is CC(C)(C)c1ccc(C(=O)Nc2ccc3c(c2)N(C(=O)C2CC2)CCC3)cc1. The van der Waals surface area contributed by atoms with Crippen LogP contribution in [0.4, 0.5) is 11.4 Å². The van der Waals surface area contributed by atoms with Crippen LogP contribution in [0.3, 0.4) is 0 Å². The molecule has 0 unspecified atom stereocenters. The minimum Gasteiger partial charge on any atom is -0.322 e. The van der Waals surface area contributed by atoms with Crippen LogP contribution in [0, 0.1) is 5.92 Å². The number of anilines is 2. The summed E-state index contributed by atoms with van der Waals surface area (Å²) < 4.78 is 0. The summed E-state index contributed by atoms with van der Waals surface area (Å²) in [5.74, 6) is 0.309. The monoisotopic (exact) mass is 376 g/mol. The summed E-state index contributed by atoms with van der Waals surface area (Å²) >= 11 is 0. The molecule has 0 aromatic heterocycles. The molecule has 0 radical (unpaired) electrons. The Bertz CT molecular complexity index is 905. The predicted octanol–water partition coefficient (Wildman–Crippen LogP) is 4.93. The number of nitrogens with one attached hydrogen (secondary N) is 1. The van der Waals surface area contributed by atoms with Crippen molar-refractivity contribution in [1.82, 2.24) is 0 Å². The molecule has 1 aliphatic carbocycles. The quantitative estimate of drug-likeness (QED) is 0.826. The van der Waals surface area contributed by atoms with Crippen molar-refractivity contribution < 1.29 is 9.59 Å². The Labute approximate surface area is 166 Å². The molecule has 1 N–H and O–H groups in total. The first-order valence-electron chi connectivity index (χ1n) is 10.2. The van der Waals surface area contributed by atoms with E-state index in [0.29, 0.717) is 5.56 Å². The van der Waals surface area contributed by atoms with Gasteiger partial charge in [-0.3, -0.25) is 9.59 Å². The minimum absolute atomic E-state index is 0.0606. The number of hydrogen-bond donors (Lipinski definition) is 1. The molecule has 0 saturated heterocycles. The third-order valence-electron chi connectivity index (χ3n) is 5.67. The molecule has 1 heterocycles. The van der Waals surface area contributed by atoms with E-state index in [4.69, 9.17) is 0 Å². The Morgan fingerprint density at radius 1 is 1.04 bits per heavy atom. The summed E-state index contributed by atoms with van der Waals surface area (Å²) in [7, 11) is 0. The van der Waals surface area contributed by atoms with Gasteiger partial charge in [0.25, 0.3) is 5.91 Å². The van der Waals surface area contributed by atoms with E-state index in [-0.39, 0.29) is 23.1 Å². The second kappa shape index (κ2) is 7.08. The van der Waals surface area contributed by atoms with Crippen LogP contribution in [0.1, 0.15) is 61.5 Å². The molecule has 0 bridgehead atoms. The predicted molar refractivity (Wildman–Crippen MR) is 113 cm³/mol. The van der Waals surface area contributed by atoms with Crippen molar-refractivity contribution in [2.24, 2.45) is 5.92 Å². The fraction of sp³-hybridized carbons (Fsp3) is 0.417. The summed E-state index contributed by atoms with van der Waals surface area (Å²) in [5.41, 5.74) is 4.78. The zero-order valence-corrected chi connectivity index (χ0v) is 16.9. The molecular formula is C24H28N2O2. The number of carbonyl (C=O) groups excluding carboxylic acids is 2. The van der Waals surface area contributed by atoms with Crippen molar-refractivity contribution in [3.05, 3.63) is 59.2 Å². The van der Waals surface area contributed by atoms with E-state index in [1.54, 1.807) is 0 Å². The van der Waals surface area contributed by atoms with Gasteiger partial charge in [-0.15, -0.1) is 0 Å². The van der Waals surface area contributed by atoms with Gasteiger partial charge in [-0.25, -0.2) is 0 Å². The highest BCUT2D eigenvalue weighted by Gasteiger charge is 2.35. The molecular weight excluding hydrogens is 348 g/mol. The average molecular weight is 377 g/mol. The lowest BCUT2D eigenvalue weighted by Gasteiger charge is -2.30. The normalized spacial score (nSPS) is 16.5. The lowest BCUT2D eigenvalue weighted by molar-refractivity contribution is -0.119. The summed E-state index contributed by atoms with van der Waals surface area (Å²) in [6.45, 7) is 7.24. The minimum atomic E-state index is -0.128. The zero-order chi connectivity index (χ0) is 19.9. The van der Waals surface area contributed by atoms with Gasteiger partial charge in [0.2, 0.25) is 5.91 Å². The molecule has 1 fully saturated rings. The molecule has 28 heavy (non-hydrogen) atoms.